The van der Waals surface area contributed by atoms with E-state index < -0.39 is 12.7 Å². The number of alkyl halides is 3. The number of para-hydroxylation sites is 1. The fourth-order valence-corrected chi connectivity index (χ4v) is 3.92. The zero-order chi connectivity index (χ0) is 27.3. The van der Waals surface area contributed by atoms with Crippen LogP contribution in [0.15, 0.2) is 73.1 Å². The number of aromatic nitrogens is 3. The highest BCUT2D eigenvalue weighted by atomic mass is 32.1. The summed E-state index contributed by atoms with van der Waals surface area (Å²) >= 11 is 5.36. The van der Waals surface area contributed by atoms with Crippen molar-refractivity contribution in [3.63, 3.8) is 0 Å². The maximum atomic E-state index is 12.3. The first-order valence-corrected chi connectivity index (χ1v) is 12.0. The van der Waals surface area contributed by atoms with Crippen LogP contribution < -0.4 is 20.7 Å². The summed E-state index contributed by atoms with van der Waals surface area (Å²) in [4.78, 5) is 4.27. The van der Waals surface area contributed by atoms with Crippen molar-refractivity contribution < 1.29 is 23.0 Å². The lowest BCUT2D eigenvalue weighted by Gasteiger charge is -2.20. The number of ether oxygens (including phenoxy) is 1. The summed E-state index contributed by atoms with van der Waals surface area (Å²) in [6.07, 6.45) is -3.59. The van der Waals surface area contributed by atoms with Gasteiger partial charge in [0.25, 0.3) is 0 Å². The number of anilines is 2. The number of halogens is 3. The molecule has 4 N–H and O–H groups in total. The van der Waals surface area contributed by atoms with Gasteiger partial charge < -0.3 is 25.8 Å². The molecular weight excluding hydrogens is 517 g/mol. The fraction of sp³-hybridized carbons (Fsp3) is 0.192. The molecule has 38 heavy (non-hydrogen) atoms. The van der Waals surface area contributed by atoms with Crippen LogP contribution in [0, 0.1) is 6.92 Å². The first kappa shape index (κ1) is 26.9. The van der Waals surface area contributed by atoms with Crippen molar-refractivity contribution in [2.75, 3.05) is 10.6 Å². The van der Waals surface area contributed by atoms with E-state index in [4.69, 9.17) is 12.2 Å². The predicted octanol–water partition coefficient (Wildman–Crippen LogP) is 5.38. The van der Waals surface area contributed by atoms with Crippen LogP contribution >= 0.6 is 12.2 Å². The van der Waals surface area contributed by atoms with Gasteiger partial charge in [-0.3, -0.25) is 0 Å². The molecule has 0 fully saturated rings. The van der Waals surface area contributed by atoms with Gasteiger partial charge in [0, 0.05) is 16.9 Å². The second-order valence-corrected chi connectivity index (χ2v) is 8.65. The molecule has 0 spiro atoms. The summed E-state index contributed by atoms with van der Waals surface area (Å²) in [7, 11) is 0. The lowest BCUT2D eigenvalue weighted by atomic mass is 10.1. The smallest absolute Gasteiger partial charge is 0.406 e. The number of nitrogens with one attached hydrogen (secondary N) is 3. The number of rotatable bonds is 8. The van der Waals surface area contributed by atoms with Gasteiger partial charge >= 0.3 is 6.36 Å². The standard InChI is InChI=1S/C26H25F3N6O2S/c1-3-17-6-4-5-16(2)22(17)32-25(38)33-24(36)31-19-9-7-18(8-10-19)23-30-15-35(34-23)20-11-13-21(14-12-20)37-26(27,28)29/h4-15,24,31,36H,3H2,1-2H3,(H2,32,33,38). The number of aliphatic hydroxyl groups excluding tert-OH is 1. The van der Waals surface area contributed by atoms with Crippen LogP contribution in [-0.4, -0.2) is 37.7 Å². The molecule has 1 heterocycles. The molecule has 198 valence electrons. The zero-order valence-corrected chi connectivity index (χ0v) is 21.3. The van der Waals surface area contributed by atoms with Crippen molar-refractivity contribution in [2.45, 2.75) is 33.0 Å². The Kier molecular flexibility index (Phi) is 8.13. The molecule has 8 nitrogen and oxygen atoms in total. The van der Waals surface area contributed by atoms with Gasteiger partial charge in [-0.2, -0.15) is 0 Å². The number of nitrogens with zero attached hydrogens (tertiary/aromatic N) is 3. The molecule has 12 heteroatoms. The largest absolute Gasteiger partial charge is 0.573 e. The number of benzene rings is 3. The number of aliphatic hydroxyl groups is 1. The molecule has 4 rings (SSSR count). The maximum absolute atomic E-state index is 12.3. The number of hydrogen-bond acceptors (Lipinski definition) is 6. The Hall–Kier alpha value is -4.16. The number of aryl methyl sites for hydroxylation is 2. The van der Waals surface area contributed by atoms with Crippen molar-refractivity contribution in [3.8, 4) is 22.8 Å². The average Bonchev–Trinajstić information content (AvgIpc) is 3.35. The van der Waals surface area contributed by atoms with Gasteiger partial charge in [-0.25, -0.2) is 9.67 Å². The van der Waals surface area contributed by atoms with Crippen LogP contribution in [-0.2, 0) is 6.42 Å². The Morgan fingerprint density at radius 2 is 1.79 bits per heavy atom. The third kappa shape index (κ3) is 6.99. The molecule has 0 aliphatic carbocycles. The lowest BCUT2D eigenvalue weighted by molar-refractivity contribution is -0.274. The van der Waals surface area contributed by atoms with Crippen molar-refractivity contribution >= 4 is 28.7 Å². The summed E-state index contributed by atoms with van der Waals surface area (Å²) in [5.41, 5.74) is 4.94. The minimum atomic E-state index is -4.75. The quantitative estimate of drug-likeness (QED) is 0.174. The van der Waals surface area contributed by atoms with Gasteiger partial charge in [0.2, 0.25) is 6.35 Å². The summed E-state index contributed by atoms with van der Waals surface area (Å²) in [6, 6.07) is 18.3. The Morgan fingerprint density at radius 3 is 2.45 bits per heavy atom. The van der Waals surface area contributed by atoms with E-state index in [9.17, 15) is 18.3 Å². The molecule has 3 aromatic carbocycles. The number of thiocarbonyl (C=S) groups is 1. The van der Waals surface area contributed by atoms with E-state index in [1.165, 1.54) is 35.3 Å². The van der Waals surface area contributed by atoms with Crippen LogP contribution in [0.5, 0.6) is 5.75 Å². The van der Waals surface area contributed by atoms with Crippen molar-refractivity contribution in [1.82, 2.24) is 20.1 Å². The van der Waals surface area contributed by atoms with Gasteiger partial charge in [0.1, 0.15) is 12.1 Å². The van der Waals surface area contributed by atoms with Crippen molar-refractivity contribution in [2.24, 2.45) is 0 Å². The highest BCUT2D eigenvalue weighted by Gasteiger charge is 2.31. The van der Waals surface area contributed by atoms with E-state index in [0.717, 1.165) is 23.2 Å². The van der Waals surface area contributed by atoms with E-state index in [2.05, 4.69) is 37.7 Å². The monoisotopic (exact) mass is 542 g/mol. The average molecular weight is 543 g/mol. The molecule has 0 radical (unpaired) electrons. The molecule has 4 aromatic rings. The van der Waals surface area contributed by atoms with Crippen molar-refractivity contribution in [3.05, 3.63) is 84.2 Å². The number of hydrogen-bond donors (Lipinski definition) is 4. The van der Waals surface area contributed by atoms with Gasteiger partial charge in [0.05, 0.1) is 5.69 Å². The summed E-state index contributed by atoms with van der Waals surface area (Å²) in [6.45, 7) is 4.05. The van der Waals surface area contributed by atoms with E-state index >= 15 is 0 Å². The van der Waals surface area contributed by atoms with E-state index in [1.807, 2.05) is 25.1 Å². The lowest BCUT2D eigenvalue weighted by Crippen LogP contribution is -2.42. The van der Waals surface area contributed by atoms with E-state index in [1.54, 1.807) is 24.3 Å². The first-order chi connectivity index (χ1) is 18.1. The highest BCUT2D eigenvalue weighted by molar-refractivity contribution is 7.80. The highest BCUT2D eigenvalue weighted by Crippen LogP contribution is 2.25. The van der Waals surface area contributed by atoms with Crippen LogP contribution in [0.2, 0.25) is 0 Å². The van der Waals surface area contributed by atoms with Crippen LogP contribution in [0.3, 0.4) is 0 Å². The van der Waals surface area contributed by atoms with Gasteiger partial charge in [0.15, 0.2) is 10.9 Å². The molecule has 1 aromatic heterocycles. The predicted molar refractivity (Wildman–Crippen MR) is 143 cm³/mol. The van der Waals surface area contributed by atoms with E-state index in [0.29, 0.717) is 22.8 Å². The SMILES string of the molecule is CCc1cccc(C)c1NC(=S)NC(O)Nc1ccc(-c2ncn(-c3ccc(OC(F)(F)F)cc3)n2)cc1. The van der Waals surface area contributed by atoms with Gasteiger partial charge in [-0.05, 0) is 85.2 Å². The molecule has 0 amide bonds. The van der Waals surface area contributed by atoms with Gasteiger partial charge in [-0.15, -0.1) is 18.3 Å². The molecular formula is C26H25F3N6O2S. The maximum Gasteiger partial charge on any atom is 0.573 e. The van der Waals surface area contributed by atoms with Crippen LogP contribution in [0.4, 0.5) is 24.5 Å². The topological polar surface area (TPSA) is 96.3 Å². The Balaban J connectivity index is 1.34. The summed E-state index contributed by atoms with van der Waals surface area (Å²) < 4.78 is 42.4. The van der Waals surface area contributed by atoms with E-state index in [-0.39, 0.29) is 10.9 Å². The molecule has 0 bridgehead atoms. The van der Waals surface area contributed by atoms with Crippen molar-refractivity contribution in [1.29, 1.82) is 0 Å². The zero-order valence-electron chi connectivity index (χ0n) is 20.5. The third-order valence-electron chi connectivity index (χ3n) is 5.52. The second-order valence-electron chi connectivity index (χ2n) is 8.24. The molecule has 1 unspecified atom stereocenters. The Bertz CT molecular complexity index is 1390. The molecule has 1 atom stereocenters. The Labute approximate surface area is 222 Å². The molecule has 0 saturated carbocycles. The molecule has 0 aliphatic heterocycles. The normalized spacial score (nSPS) is 12.1. The fourth-order valence-electron chi connectivity index (χ4n) is 3.71. The summed E-state index contributed by atoms with van der Waals surface area (Å²) in [5, 5.41) is 23.9. The minimum absolute atomic E-state index is 0.276. The van der Waals surface area contributed by atoms with Crippen LogP contribution in [0.25, 0.3) is 17.1 Å². The molecule has 0 aliphatic rings. The second kappa shape index (κ2) is 11.5. The molecule has 0 saturated heterocycles. The van der Waals surface area contributed by atoms with Gasteiger partial charge in [-0.1, -0.05) is 25.1 Å². The van der Waals surface area contributed by atoms with Crippen LogP contribution in [0.1, 0.15) is 18.1 Å². The summed E-state index contributed by atoms with van der Waals surface area (Å²) in [5.74, 6) is 0.0972. The third-order valence-corrected chi connectivity index (χ3v) is 5.74. The Morgan fingerprint density at radius 1 is 1.08 bits per heavy atom. The first-order valence-electron chi connectivity index (χ1n) is 11.6. The minimum Gasteiger partial charge on any atom is -0.406 e.